The molecule has 37 heavy (non-hydrogen) atoms. The third kappa shape index (κ3) is 5.16. The van der Waals surface area contributed by atoms with Crippen molar-refractivity contribution in [2.75, 3.05) is 31.1 Å². The second-order valence-electron chi connectivity index (χ2n) is 10.1. The number of hydrogen-bond donors (Lipinski definition) is 4. The molecule has 194 valence electrons. The van der Waals surface area contributed by atoms with Crippen LogP contribution in [0.4, 0.5) is 5.82 Å². The van der Waals surface area contributed by atoms with E-state index in [9.17, 15) is 5.11 Å². The summed E-state index contributed by atoms with van der Waals surface area (Å²) in [6.07, 6.45) is 5.40. The molecule has 0 atom stereocenters. The summed E-state index contributed by atoms with van der Waals surface area (Å²) in [5.74, 6) is 2.61. The van der Waals surface area contributed by atoms with Crippen molar-refractivity contribution in [2.45, 2.75) is 52.9 Å². The zero-order chi connectivity index (χ0) is 25.9. The molecule has 8 heteroatoms. The number of H-pyrrole nitrogens is 1. The Kier molecular flexibility index (Phi) is 7.37. The zero-order valence-electron chi connectivity index (χ0n) is 22.1. The Morgan fingerprint density at radius 2 is 2.03 bits per heavy atom. The fourth-order valence-corrected chi connectivity index (χ4v) is 5.32. The van der Waals surface area contributed by atoms with Crippen molar-refractivity contribution in [3.63, 3.8) is 0 Å². The van der Waals surface area contributed by atoms with Crippen molar-refractivity contribution in [1.29, 1.82) is 5.41 Å². The minimum absolute atomic E-state index is 0.287. The van der Waals surface area contributed by atoms with Crippen LogP contribution in [0.15, 0.2) is 24.3 Å². The number of pyridine rings is 1. The van der Waals surface area contributed by atoms with Crippen LogP contribution in [0, 0.1) is 18.3 Å². The molecule has 1 aliphatic heterocycles. The van der Waals surface area contributed by atoms with Gasteiger partial charge in [0.05, 0.1) is 16.8 Å². The Morgan fingerprint density at radius 1 is 1.19 bits per heavy atom. The van der Waals surface area contributed by atoms with Gasteiger partial charge in [0.1, 0.15) is 23.0 Å². The van der Waals surface area contributed by atoms with E-state index in [1.165, 1.54) is 11.6 Å². The molecule has 0 aliphatic carbocycles. The lowest BCUT2D eigenvalue weighted by molar-refractivity contribution is 0.423. The van der Waals surface area contributed by atoms with Crippen molar-refractivity contribution in [3.8, 4) is 5.75 Å². The molecule has 5 rings (SSSR count). The van der Waals surface area contributed by atoms with Crippen molar-refractivity contribution >= 4 is 33.8 Å². The number of nitrogens with one attached hydrogen (secondary N) is 3. The van der Waals surface area contributed by atoms with E-state index in [0.29, 0.717) is 18.8 Å². The third-order valence-corrected chi connectivity index (χ3v) is 7.27. The minimum Gasteiger partial charge on any atom is -0.505 e. The van der Waals surface area contributed by atoms with Crippen molar-refractivity contribution < 1.29 is 5.11 Å². The predicted octanol–water partition coefficient (Wildman–Crippen LogP) is 4.69. The van der Waals surface area contributed by atoms with Gasteiger partial charge in [0, 0.05) is 30.6 Å². The van der Waals surface area contributed by atoms with Gasteiger partial charge >= 0.3 is 0 Å². The summed E-state index contributed by atoms with van der Waals surface area (Å²) in [6, 6.07) is 8.68. The third-order valence-electron chi connectivity index (χ3n) is 7.27. The van der Waals surface area contributed by atoms with Gasteiger partial charge < -0.3 is 25.7 Å². The van der Waals surface area contributed by atoms with Gasteiger partial charge in [-0.1, -0.05) is 26.0 Å². The Hall–Kier alpha value is -3.52. The number of aryl methyl sites for hydroxylation is 3. The van der Waals surface area contributed by atoms with Gasteiger partial charge in [-0.3, -0.25) is 0 Å². The fraction of sp³-hybridized carbons (Fsp3) is 0.448. The van der Waals surface area contributed by atoms with E-state index in [1.807, 2.05) is 13.8 Å². The first-order valence-corrected chi connectivity index (χ1v) is 13.4. The summed E-state index contributed by atoms with van der Waals surface area (Å²) in [5, 5.41) is 24.7. The second-order valence-corrected chi connectivity index (χ2v) is 10.1. The molecule has 1 saturated heterocycles. The van der Waals surface area contributed by atoms with Crippen LogP contribution in [0.1, 0.15) is 55.2 Å². The quantitative estimate of drug-likeness (QED) is 0.176. The molecule has 0 amide bonds. The number of hydrogen-bond acceptors (Lipinski definition) is 7. The van der Waals surface area contributed by atoms with Crippen LogP contribution in [0.5, 0.6) is 5.75 Å². The molecule has 8 nitrogen and oxygen atoms in total. The molecular weight excluding hydrogens is 462 g/mol. The summed E-state index contributed by atoms with van der Waals surface area (Å²) in [7, 11) is 0. The molecule has 4 N–H and O–H groups in total. The van der Waals surface area contributed by atoms with E-state index in [1.54, 1.807) is 0 Å². The van der Waals surface area contributed by atoms with E-state index >= 15 is 0 Å². The molecule has 0 bridgehead atoms. The highest BCUT2D eigenvalue weighted by atomic mass is 16.3. The first kappa shape index (κ1) is 25.1. The van der Waals surface area contributed by atoms with E-state index in [4.69, 9.17) is 20.4 Å². The first-order chi connectivity index (χ1) is 18.0. The van der Waals surface area contributed by atoms with Gasteiger partial charge in [-0.15, -0.1) is 0 Å². The van der Waals surface area contributed by atoms with Crippen molar-refractivity contribution in [1.82, 2.24) is 25.3 Å². The van der Waals surface area contributed by atoms with Crippen LogP contribution in [-0.4, -0.2) is 57.4 Å². The maximum absolute atomic E-state index is 10.8. The molecule has 4 heterocycles. The SMILES string of the molecule is CCNCCCc1nc(Cc2ccc3cc(C)nc(N4CC(CC=N)C4)c3c2)nc2[nH]c(CC)c(O)c12. The van der Waals surface area contributed by atoms with Crippen molar-refractivity contribution in [2.24, 2.45) is 5.92 Å². The second kappa shape index (κ2) is 10.8. The van der Waals surface area contributed by atoms with Gasteiger partial charge in [-0.05, 0) is 80.9 Å². The monoisotopic (exact) mass is 499 g/mol. The van der Waals surface area contributed by atoms with Gasteiger partial charge in [-0.2, -0.15) is 0 Å². The molecule has 0 unspecified atom stereocenters. The Bertz CT molecular complexity index is 1420. The van der Waals surface area contributed by atoms with Crippen LogP contribution in [-0.2, 0) is 19.3 Å². The van der Waals surface area contributed by atoms with E-state index < -0.39 is 0 Å². The summed E-state index contributed by atoms with van der Waals surface area (Å²) < 4.78 is 0. The highest BCUT2D eigenvalue weighted by Crippen LogP contribution is 2.34. The van der Waals surface area contributed by atoms with Gasteiger partial charge in [0.15, 0.2) is 0 Å². The topological polar surface area (TPSA) is 114 Å². The van der Waals surface area contributed by atoms with Crippen LogP contribution in [0.25, 0.3) is 21.8 Å². The molecule has 1 aromatic carbocycles. The lowest BCUT2D eigenvalue weighted by Crippen LogP contribution is -2.47. The molecule has 0 radical (unpaired) electrons. The molecule has 0 saturated carbocycles. The molecule has 3 aromatic heterocycles. The number of aromatic hydroxyl groups is 1. The molecular formula is C29H37N7O. The summed E-state index contributed by atoms with van der Waals surface area (Å²) in [6.45, 7) is 9.92. The largest absolute Gasteiger partial charge is 0.505 e. The summed E-state index contributed by atoms with van der Waals surface area (Å²) in [5.41, 5.74) is 4.58. The Balaban J connectivity index is 1.47. The number of nitrogens with zero attached hydrogens (tertiary/aromatic N) is 4. The number of rotatable bonds is 11. The van der Waals surface area contributed by atoms with Crippen LogP contribution >= 0.6 is 0 Å². The average molecular weight is 500 g/mol. The average Bonchev–Trinajstić information content (AvgIpc) is 3.19. The molecule has 4 aromatic rings. The Labute approximate surface area is 218 Å². The highest BCUT2D eigenvalue weighted by molar-refractivity contribution is 5.93. The molecule has 1 aliphatic rings. The first-order valence-electron chi connectivity index (χ1n) is 13.4. The number of anilines is 1. The predicted molar refractivity (Wildman–Crippen MR) is 150 cm³/mol. The van der Waals surface area contributed by atoms with E-state index in [-0.39, 0.29) is 5.75 Å². The summed E-state index contributed by atoms with van der Waals surface area (Å²) >= 11 is 0. The van der Waals surface area contributed by atoms with Crippen molar-refractivity contribution in [3.05, 3.63) is 52.7 Å². The smallest absolute Gasteiger partial charge is 0.147 e. The number of aromatic nitrogens is 4. The molecule has 1 fully saturated rings. The standard InChI is InChI=1S/C29H37N7O/c1-4-23-27(37)26-24(7-6-12-31-5-2)33-25(35-28(26)34-23)15-19-8-9-21-13-18(3)32-29(22(21)14-19)36-16-20(17-36)10-11-30/h8-9,11,13-14,20,30-31,37H,4-7,10,12,15-17H2,1-3H3,(H,33,34,35). The fourth-order valence-electron chi connectivity index (χ4n) is 5.32. The Morgan fingerprint density at radius 3 is 2.78 bits per heavy atom. The summed E-state index contributed by atoms with van der Waals surface area (Å²) in [4.78, 5) is 20.3. The van der Waals surface area contributed by atoms with E-state index in [0.717, 1.165) is 96.1 Å². The zero-order valence-corrected chi connectivity index (χ0v) is 22.1. The minimum atomic E-state index is 0.287. The highest BCUT2D eigenvalue weighted by Gasteiger charge is 2.28. The number of benzene rings is 1. The lowest BCUT2D eigenvalue weighted by atomic mass is 9.95. The maximum atomic E-state index is 10.8. The van der Waals surface area contributed by atoms with Crippen LogP contribution < -0.4 is 10.2 Å². The van der Waals surface area contributed by atoms with Crippen LogP contribution in [0.3, 0.4) is 0 Å². The van der Waals surface area contributed by atoms with E-state index in [2.05, 4.69) is 46.4 Å². The number of fused-ring (bicyclic) bond motifs is 2. The van der Waals surface area contributed by atoms with Gasteiger partial charge in [-0.25, -0.2) is 15.0 Å². The molecule has 0 spiro atoms. The van der Waals surface area contributed by atoms with Gasteiger partial charge in [0.25, 0.3) is 0 Å². The lowest BCUT2D eigenvalue weighted by Gasteiger charge is -2.40. The number of aromatic amines is 1. The van der Waals surface area contributed by atoms with Gasteiger partial charge in [0.2, 0.25) is 0 Å². The van der Waals surface area contributed by atoms with Crippen LogP contribution in [0.2, 0.25) is 0 Å². The maximum Gasteiger partial charge on any atom is 0.147 e. The normalized spacial score (nSPS) is 14.0.